The number of hydroxylamine groups is 1. The maximum absolute atomic E-state index is 12.6. The van der Waals surface area contributed by atoms with Crippen molar-refractivity contribution in [3.63, 3.8) is 0 Å². The van der Waals surface area contributed by atoms with E-state index in [2.05, 4.69) is 0 Å². The van der Waals surface area contributed by atoms with Crippen molar-refractivity contribution in [1.29, 1.82) is 0 Å². The molecule has 0 aliphatic carbocycles. The molecule has 1 rings (SSSR count). The predicted molar refractivity (Wildman–Crippen MR) is 40.4 cm³/mol. The highest BCUT2D eigenvalue weighted by molar-refractivity contribution is 5.77. The van der Waals surface area contributed by atoms with Crippen molar-refractivity contribution in [2.75, 3.05) is 0 Å². The molecule has 0 radical (unpaired) electrons. The quantitative estimate of drug-likeness (QED) is 0.553. The Kier molecular flexibility index (Phi) is 3.05. The average Bonchev–Trinajstić information content (AvgIpc) is 2.11. The lowest BCUT2D eigenvalue weighted by Gasteiger charge is -2.03. The number of rotatable bonds is 3. The Balaban J connectivity index is 3.16. The smallest absolute Gasteiger partial charge is 0.159 e. The first kappa shape index (κ1) is 9.76. The molecule has 1 aromatic rings. The Morgan fingerprint density at radius 3 is 2.54 bits per heavy atom. The number of benzene rings is 1. The first-order valence-electron chi connectivity index (χ1n) is 3.49. The van der Waals surface area contributed by atoms with Crippen LogP contribution in [0.15, 0.2) is 12.1 Å². The predicted octanol–water partition coefficient (Wildman–Crippen LogP) is 1.26. The second-order valence-electron chi connectivity index (χ2n) is 2.42. The Labute approximate surface area is 73.0 Å². The van der Waals surface area contributed by atoms with Gasteiger partial charge in [0.1, 0.15) is 6.29 Å². The molecular formula is C8H7F2NO2. The maximum atomic E-state index is 12.6. The van der Waals surface area contributed by atoms with E-state index in [0.29, 0.717) is 6.29 Å². The van der Waals surface area contributed by atoms with Crippen molar-refractivity contribution in [2.45, 2.75) is 6.54 Å². The summed E-state index contributed by atoms with van der Waals surface area (Å²) in [5, 5.41) is 8.32. The zero-order chi connectivity index (χ0) is 9.84. The van der Waals surface area contributed by atoms with Gasteiger partial charge in [-0.3, -0.25) is 4.79 Å². The number of hydrogen-bond donors (Lipinski definition) is 2. The number of hydrogen-bond acceptors (Lipinski definition) is 3. The molecule has 13 heavy (non-hydrogen) atoms. The van der Waals surface area contributed by atoms with Gasteiger partial charge in [0.05, 0.1) is 0 Å². The standard InChI is InChI=1S/C8H7F2NO2/c9-7-1-5(3-11-13)6(4-12)2-8(7)10/h1-2,4,11,13H,3H2. The summed E-state index contributed by atoms with van der Waals surface area (Å²) < 4.78 is 25.2. The highest BCUT2D eigenvalue weighted by atomic mass is 19.2. The summed E-state index contributed by atoms with van der Waals surface area (Å²) in [5.74, 6) is -2.13. The molecule has 2 N–H and O–H groups in total. The molecule has 0 fully saturated rings. The fourth-order valence-corrected chi connectivity index (χ4v) is 0.951. The molecule has 0 amide bonds. The molecule has 3 nitrogen and oxygen atoms in total. The van der Waals surface area contributed by atoms with Crippen LogP contribution in [0.25, 0.3) is 0 Å². The average molecular weight is 187 g/mol. The monoisotopic (exact) mass is 187 g/mol. The van der Waals surface area contributed by atoms with Gasteiger partial charge >= 0.3 is 0 Å². The minimum absolute atomic E-state index is 0.0143. The van der Waals surface area contributed by atoms with E-state index in [0.717, 1.165) is 12.1 Å². The van der Waals surface area contributed by atoms with Crippen molar-refractivity contribution < 1.29 is 18.8 Å². The second-order valence-corrected chi connectivity index (χ2v) is 2.42. The molecule has 0 aliphatic rings. The van der Waals surface area contributed by atoms with Gasteiger partial charge in [-0.25, -0.2) is 14.3 Å². The molecule has 70 valence electrons. The van der Waals surface area contributed by atoms with E-state index in [-0.39, 0.29) is 17.7 Å². The molecule has 0 saturated heterocycles. The van der Waals surface area contributed by atoms with E-state index in [1.807, 2.05) is 0 Å². The van der Waals surface area contributed by atoms with E-state index < -0.39 is 11.6 Å². The fourth-order valence-electron chi connectivity index (χ4n) is 0.951. The normalized spacial score (nSPS) is 10.1. The van der Waals surface area contributed by atoms with Gasteiger partial charge in [0.15, 0.2) is 11.6 Å². The third kappa shape index (κ3) is 2.07. The van der Waals surface area contributed by atoms with Gasteiger partial charge in [-0.2, -0.15) is 0 Å². The molecule has 0 saturated carbocycles. The zero-order valence-electron chi connectivity index (χ0n) is 6.55. The number of halogens is 2. The van der Waals surface area contributed by atoms with Crippen LogP contribution in [0.3, 0.4) is 0 Å². The number of aldehydes is 1. The number of carbonyl (C=O) groups excluding carboxylic acids is 1. The summed E-state index contributed by atoms with van der Waals surface area (Å²) in [7, 11) is 0. The largest absolute Gasteiger partial charge is 0.316 e. The summed E-state index contributed by atoms with van der Waals surface area (Å²) in [6.45, 7) is -0.106. The van der Waals surface area contributed by atoms with Crippen molar-refractivity contribution in [1.82, 2.24) is 5.48 Å². The van der Waals surface area contributed by atoms with E-state index in [1.165, 1.54) is 0 Å². The van der Waals surface area contributed by atoms with Crippen LogP contribution in [0.2, 0.25) is 0 Å². The first-order chi connectivity index (χ1) is 6.19. The lowest BCUT2D eigenvalue weighted by atomic mass is 10.1. The molecule has 0 aromatic heterocycles. The molecule has 0 aliphatic heterocycles. The highest BCUT2D eigenvalue weighted by Crippen LogP contribution is 2.13. The van der Waals surface area contributed by atoms with Crippen LogP contribution < -0.4 is 5.48 Å². The number of nitrogens with one attached hydrogen (secondary N) is 1. The Morgan fingerprint density at radius 2 is 2.00 bits per heavy atom. The molecule has 5 heteroatoms. The van der Waals surface area contributed by atoms with Gasteiger partial charge in [0.25, 0.3) is 0 Å². The van der Waals surface area contributed by atoms with Crippen molar-refractivity contribution in [3.05, 3.63) is 34.9 Å². The molecule has 1 aromatic carbocycles. The third-order valence-electron chi connectivity index (χ3n) is 1.58. The molecule has 0 unspecified atom stereocenters. The fraction of sp³-hybridized carbons (Fsp3) is 0.125. The summed E-state index contributed by atoms with van der Waals surface area (Å²) in [4.78, 5) is 10.4. The zero-order valence-corrected chi connectivity index (χ0v) is 6.55. The third-order valence-corrected chi connectivity index (χ3v) is 1.58. The van der Waals surface area contributed by atoms with Gasteiger partial charge in [-0.1, -0.05) is 0 Å². The van der Waals surface area contributed by atoms with Crippen molar-refractivity contribution in [2.24, 2.45) is 0 Å². The van der Waals surface area contributed by atoms with Crippen molar-refractivity contribution in [3.8, 4) is 0 Å². The Morgan fingerprint density at radius 1 is 1.38 bits per heavy atom. The minimum Gasteiger partial charge on any atom is -0.316 e. The summed E-state index contributed by atoms with van der Waals surface area (Å²) in [6, 6.07) is 1.65. The van der Waals surface area contributed by atoms with Gasteiger partial charge in [-0.05, 0) is 17.7 Å². The maximum Gasteiger partial charge on any atom is 0.159 e. The molecule has 0 atom stereocenters. The van der Waals surface area contributed by atoms with Gasteiger partial charge in [0.2, 0.25) is 0 Å². The van der Waals surface area contributed by atoms with Gasteiger partial charge in [-0.15, -0.1) is 0 Å². The van der Waals surface area contributed by atoms with Crippen LogP contribution in [0.1, 0.15) is 15.9 Å². The van der Waals surface area contributed by atoms with Crippen LogP contribution in [0.4, 0.5) is 8.78 Å². The van der Waals surface area contributed by atoms with E-state index in [4.69, 9.17) is 5.21 Å². The molecular weight excluding hydrogens is 180 g/mol. The Hall–Kier alpha value is -1.33. The minimum atomic E-state index is -1.08. The van der Waals surface area contributed by atoms with E-state index in [9.17, 15) is 13.6 Å². The van der Waals surface area contributed by atoms with Gasteiger partial charge < -0.3 is 5.21 Å². The second kappa shape index (κ2) is 4.06. The topological polar surface area (TPSA) is 49.3 Å². The van der Waals surface area contributed by atoms with Gasteiger partial charge in [0, 0.05) is 12.1 Å². The lowest BCUT2D eigenvalue weighted by molar-refractivity contribution is 0.112. The SMILES string of the molecule is O=Cc1cc(F)c(F)cc1CNO. The molecule has 0 spiro atoms. The molecule has 0 heterocycles. The highest BCUT2D eigenvalue weighted by Gasteiger charge is 2.08. The van der Waals surface area contributed by atoms with E-state index in [1.54, 1.807) is 5.48 Å². The van der Waals surface area contributed by atoms with E-state index >= 15 is 0 Å². The summed E-state index contributed by atoms with van der Waals surface area (Å²) in [5.41, 5.74) is 1.98. The van der Waals surface area contributed by atoms with Crippen LogP contribution in [-0.2, 0) is 6.54 Å². The number of carbonyl (C=O) groups is 1. The first-order valence-corrected chi connectivity index (χ1v) is 3.49. The summed E-state index contributed by atoms with van der Waals surface area (Å²) in [6.07, 6.45) is 0.398. The van der Waals surface area contributed by atoms with Crippen LogP contribution in [0.5, 0.6) is 0 Å². The van der Waals surface area contributed by atoms with Crippen LogP contribution >= 0.6 is 0 Å². The summed E-state index contributed by atoms with van der Waals surface area (Å²) >= 11 is 0. The Bertz CT molecular complexity index is 328. The lowest BCUT2D eigenvalue weighted by Crippen LogP contribution is -2.09. The van der Waals surface area contributed by atoms with Crippen LogP contribution in [-0.4, -0.2) is 11.5 Å². The van der Waals surface area contributed by atoms with Crippen molar-refractivity contribution >= 4 is 6.29 Å². The molecule has 0 bridgehead atoms. The van der Waals surface area contributed by atoms with Crippen LogP contribution in [0, 0.1) is 11.6 Å².